The Labute approximate surface area is 143 Å². The Morgan fingerprint density at radius 3 is 2.27 bits per heavy atom. The normalized spacial score (nSPS) is 24.4. The molecule has 2 fully saturated rings. The summed E-state index contributed by atoms with van der Waals surface area (Å²) in [6.45, 7) is 3.38. The predicted octanol–water partition coefficient (Wildman–Crippen LogP) is 3.22. The summed E-state index contributed by atoms with van der Waals surface area (Å²) < 4.78 is 26.8. The van der Waals surface area contributed by atoms with Gasteiger partial charge in [-0.25, -0.2) is 8.78 Å². The van der Waals surface area contributed by atoms with Crippen molar-refractivity contribution in [2.24, 2.45) is 11.8 Å². The summed E-state index contributed by atoms with van der Waals surface area (Å²) in [6, 6.07) is 1.99. The second-order valence-electron chi connectivity index (χ2n) is 5.79. The highest BCUT2D eigenvalue weighted by Crippen LogP contribution is 2.29. The molecule has 0 spiro atoms. The number of carbonyl (C=O) groups excluding carboxylic acids is 1. The van der Waals surface area contributed by atoms with Crippen molar-refractivity contribution in [3.63, 3.8) is 0 Å². The summed E-state index contributed by atoms with van der Waals surface area (Å²) in [5.41, 5.74) is 0.194. The van der Waals surface area contributed by atoms with Crippen LogP contribution in [0.4, 0.5) is 8.78 Å². The quantitative estimate of drug-likeness (QED) is 0.741. The van der Waals surface area contributed by atoms with Crippen molar-refractivity contribution in [2.75, 3.05) is 26.2 Å². The van der Waals surface area contributed by atoms with Gasteiger partial charge in [0.25, 0.3) is 5.91 Å². The van der Waals surface area contributed by atoms with Gasteiger partial charge >= 0.3 is 0 Å². The van der Waals surface area contributed by atoms with Crippen molar-refractivity contribution in [1.29, 1.82) is 0 Å². The number of fused-ring (bicyclic) bond motifs is 1. The molecular weight excluding hydrogens is 378 g/mol. The number of benzene rings is 1. The molecule has 2 atom stereocenters. The number of nitrogens with one attached hydrogen (secondary N) is 1. The van der Waals surface area contributed by atoms with Crippen LogP contribution in [-0.2, 0) is 0 Å². The zero-order chi connectivity index (χ0) is 15.0. The van der Waals surface area contributed by atoms with Gasteiger partial charge in [-0.1, -0.05) is 0 Å². The Hall–Kier alpha value is -0.720. The van der Waals surface area contributed by atoms with Gasteiger partial charge in [0.1, 0.15) is 0 Å². The zero-order valence-electron chi connectivity index (χ0n) is 11.9. The van der Waals surface area contributed by atoms with Crippen LogP contribution in [0.2, 0.25) is 0 Å². The first-order valence-electron chi connectivity index (χ1n) is 7.21. The molecule has 1 N–H and O–H groups in total. The molecule has 2 aliphatic heterocycles. The van der Waals surface area contributed by atoms with Gasteiger partial charge < -0.3 is 10.2 Å². The summed E-state index contributed by atoms with van der Waals surface area (Å²) in [7, 11) is 0. The molecule has 2 aliphatic rings. The summed E-state index contributed by atoms with van der Waals surface area (Å²) >= 11 is 3.15. The summed E-state index contributed by atoms with van der Waals surface area (Å²) in [6.07, 6.45) is 1.93. The Morgan fingerprint density at radius 2 is 1.68 bits per heavy atom. The lowest BCUT2D eigenvalue weighted by Gasteiger charge is -2.21. The van der Waals surface area contributed by atoms with Crippen LogP contribution in [-0.4, -0.2) is 37.0 Å². The highest BCUT2D eigenvalue weighted by Gasteiger charge is 2.32. The molecule has 0 unspecified atom stereocenters. The molecule has 1 aromatic carbocycles. The number of carbonyl (C=O) groups is 1. The van der Waals surface area contributed by atoms with Gasteiger partial charge in [0, 0.05) is 17.6 Å². The highest BCUT2D eigenvalue weighted by molar-refractivity contribution is 9.10. The maximum atomic E-state index is 13.4. The Morgan fingerprint density at radius 1 is 1.14 bits per heavy atom. The van der Waals surface area contributed by atoms with E-state index >= 15 is 0 Å². The van der Waals surface area contributed by atoms with E-state index in [0.717, 1.165) is 38.1 Å². The number of hydrogen-bond acceptors (Lipinski definition) is 2. The lowest BCUT2D eigenvalue weighted by molar-refractivity contribution is 0.0757. The number of nitrogens with zero attached hydrogens (tertiary/aromatic N) is 1. The molecule has 3 nitrogen and oxygen atoms in total. The zero-order valence-corrected chi connectivity index (χ0v) is 14.4. The van der Waals surface area contributed by atoms with Crippen molar-refractivity contribution in [3.8, 4) is 0 Å². The van der Waals surface area contributed by atoms with Gasteiger partial charge in [-0.05, 0) is 65.8 Å². The molecular formula is C15H18BrClF2N2O. The van der Waals surface area contributed by atoms with Crippen LogP contribution >= 0.6 is 28.3 Å². The van der Waals surface area contributed by atoms with Crippen molar-refractivity contribution in [3.05, 3.63) is 33.8 Å². The minimum absolute atomic E-state index is 0. The standard InChI is InChI=1S/C15H17BrF2N2O.ClH/c16-12-6-14(18)13(17)5-11(12)15(21)20-3-1-9-7-19-8-10(9)2-4-20;/h5-6,9-10,19H,1-4,7-8H2;1H/t9-,10+;. The van der Waals surface area contributed by atoms with Gasteiger partial charge in [-0.2, -0.15) is 0 Å². The fraction of sp³-hybridized carbons (Fsp3) is 0.533. The topological polar surface area (TPSA) is 32.3 Å². The van der Waals surface area contributed by atoms with E-state index in [0.29, 0.717) is 29.4 Å². The molecule has 0 aliphatic carbocycles. The number of rotatable bonds is 1. The maximum Gasteiger partial charge on any atom is 0.255 e. The second-order valence-corrected chi connectivity index (χ2v) is 6.65. The van der Waals surface area contributed by atoms with Crippen LogP contribution in [0.25, 0.3) is 0 Å². The van der Waals surface area contributed by atoms with E-state index in [1.165, 1.54) is 0 Å². The molecule has 0 aromatic heterocycles. The lowest BCUT2D eigenvalue weighted by atomic mass is 9.92. The minimum atomic E-state index is -0.988. The third kappa shape index (κ3) is 3.44. The van der Waals surface area contributed by atoms with Crippen molar-refractivity contribution < 1.29 is 13.6 Å². The van der Waals surface area contributed by atoms with Crippen LogP contribution in [0.5, 0.6) is 0 Å². The van der Waals surface area contributed by atoms with Crippen molar-refractivity contribution in [1.82, 2.24) is 10.2 Å². The van der Waals surface area contributed by atoms with E-state index in [9.17, 15) is 13.6 Å². The van der Waals surface area contributed by atoms with Crippen molar-refractivity contribution in [2.45, 2.75) is 12.8 Å². The van der Waals surface area contributed by atoms with Crippen LogP contribution in [0.1, 0.15) is 23.2 Å². The SMILES string of the molecule is Cl.O=C(c1cc(F)c(F)cc1Br)N1CC[C@@H]2CNC[C@@H]2CC1. The molecule has 122 valence electrons. The molecule has 3 rings (SSSR count). The van der Waals surface area contributed by atoms with E-state index in [-0.39, 0.29) is 23.9 Å². The minimum Gasteiger partial charge on any atom is -0.339 e. The van der Waals surface area contributed by atoms with E-state index < -0.39 is 11.6 Å². The van der Waals surface area contributed by atoms with E-state index in [4.69, 9.17) is 0 Å². The molecule has 2 heterocycles. The summed E-state index contributed by atoms with van der Waals surface area (Å²) in [5.74, 6) is -0.923. The van der Waals surface area contributed by atoms with Crippen LogP contribution in [0, 0.1) is 23.5 Å². The highest BCUT2D eigenvalue weighted by atomic mass is 79.9. The smallest absolute Gasteiger partial charge is 0.255 e. The second kappa shape index (κ2) is 7.23. The first-order valence-corrected chi connectivity index (χ1v) is 8.00. The van der Waals surface area contributed by atoms with E-state index in [1.807, 2.05) is 0 Å². The summed E-state index contributed by atoms with van der Waals surface area (Å²) in [4.78, 5) is 14.3. The first kappa shape index (κ1) is 17.6. The van der Waals surface area contributed by atoms with Crippen LogP contribution in [0.3, 0.4) is 0 Å². The molecule has 0 bridgehead atoms. The van der Waals surface area contributed by atoms with Gasteiger partial charge in [-0.15, -0.1) is 12.4 Å². The van der Waals surface area contributed by atoms with Gasteiger partial charge in [-0.3, -0.25) is 4.79 Å². The third-order valence-corrected chi connectivity index (χ3v) is 5.20. The van der Waals surface area contributed by atoms with Crippen LogP contribution < -0.4 is 5.32 Å². The molecule has 7 heteroatoms. The largest absolute Gasteiger partial charge is 0.339 e. The van der Waals surface area contributed by atoms with Gasteiger partial charge in [0.2, 0.25) is 0 Å². The molecule has 1 aromatic rings. The molecule has 0 radical (unpaired) electrons. The number of halogens is 4. The fourth-order valence-corrected chi connectivity index (χ4v) is 3.76. The van der Waals surface area contributed by atoms with Gasteiger partial charge in [0.05, 0.1) is 5.56 Å². The Kier molecular flexibility index (Phi) is 5.80. The van der Waals surface area contributed by atoms with Crippen LogP contribution in [0.15, 0.2) is 16.6 Å². The number of hydrogen-bond donors (Lipinski definition) is 1. The molecule has 2 saturated heterocycles. The number of likely N-dealkylation sites (tertiary alicyclic amines) is 1. The molecule has 1 amide bonds. The average molecular weight is 396 g/mol. The summed E-state index contributed by atoms with van der Waals surface area (Å²) in [5, 5.41) is 3.39. The van der Waals surface area contributed by atoms with E-state index in [1.54, 1.807) is 4.90 Å². The number of amides is 1. The van der Waals surface area contributed by atoms with Gasteiger partial charge in [0.15, 0.2) is 11.6 Å². The maximum absolute atomic E-state index is 13.4. The first-order chi connectivity index (χ1) is 10.1. The third-order valence-electron chi connectivity index (χ3n) is 4.55. The lowest BCUT2D eigenvalue weighted by Crippen LogP contribution is -2.33. The Bertz CT molecular complexity index is 559. The molecule has 0 saturated carbocycles. The fourth-order valence-electron chi connectivity index (χ4n) is 3.28. The molecule has 22 heavy (non-hydrogen) atoms. The van der Waals surface area contributed by atoms with Crippen molar-refractivity contribution >= 4 is 34.2 Å². The van der Waals surface area contributed by atoms with E-state index in [2.05, 4.69) is 21.2 Å². The predicted molar refractivity (Wildman–Crippen MR) is 86.3 cm³/mol. The Balaban J connectivity index is 0.00000176. The average Bonchev–Trinajstić information content (AvgIpc) is 2.81. The monoisotopic (exact) mass is 394 g/mol.